The number of benzene rings is 2. The van der Waals surface area contributed by atoms with Gasteiger partial charge in [0.15, 0.2) is 0 Å². The maximum atomic E-state index is 12.9. The summed E-state index contributed by atoms with van der Waals surface area (Å²) in [6.45, 7) is 1.90. The Kier molecular flexibility index (Phi) is 5.55. The van der Waals surface area contributed by atoms with Gasteiger partial charge in [0.05, 0.1) is 11.8 Å². The highest BCUT2D eigenvalue weighted by Gasteiger charge is 2.17. The van der Waals surface area contributed by atoms with Gasteiger partial charge in [-0.3, -0.25) is 4.79 Å². The molecule has 2 rings (SSSR count). The molecule has 0 saturated carbocycles. The van der Waals surface area contributed by atoms with Gasteiger partial charge in [0.1, 0.15) is 11.6 Å². The van der Waals surface area contributed by atoms with Crippen LogP contribution in [0.5, 0.6) is 0 Å². The largest absolute Gasteiger partial charge is 0.338 e. The molecule has 1 atom stereocenters. The van der Waals surface area contributed by atoms with Crippen LogP contribution in [0.2, 0.25) is 0 Å². The molecular weight excluding hydrogens is 304 g/mol. The quantitative estimate of drug-likeness (QED) is 0.766. The normalized spacial score (nSPS) is 12.0. The van der Waals surface area contributed by atoms with Gasteiger partial charge < -0.3 is 4.90 Å². The van der Waals surface area contributed by atoms with Gasteiger partial charge >= 0.3 is 0 Å². The Morgan fingerprint density at radius 1 is 1.05 bits per heavy atom. The summed E-state index contributed by atoms with van der Waals surface area (Å²) in [5, 5.41) is 0. The fourth-order valence-electron chi connectivity index (χ4n) is 1.96. The summed E-state index contributed by atoms with van der Waals surface area (Å²) >= 11 is 1.36. The van der Waals surface area contributed by atoms with E-state index in [0.29, 0.717) is 0 Å². The first-order valence-corrected chi connectivity index (χ1v) is 7.85. The Balaban J connectivity index is 1.93. The molecule has 0 aliphatic rings. The molecule has 0 saturated heterocycles. The fourth-order valence-corrected chi connectivity index (χ4v) is 2.78. The van der Waals surface area contributed by atoms with Crippen molar-refractivity contribution in [3.05, 3.63) is 65.7 Å². The van der Waals surface area contributed by atoms with Crippen molar-refractivity contribution < 1.29 is 13.6 Å². The number of amides is 1. The van der Waals surface area contributed by atoms with Crippen LogP contribution in [0.3, 0.4) is 0 Å². The molecule has 0 heterocycles. The standard InChI is InChI=1S/C17H17F2NOS/c1-12(13-3-5-14(18)6-4-13)20(2)17(21)11-22-16-9-7-15(19)8-10-16/h3-10,12H,11H2,1-2H3. The van der Waals surface area contributed by atoms with E-state index in [0.717, 1.165) is 10.5 Å². The SMILES string of the molecule is CC(c1ccc(F)cc1)N(C)C(=O)CSc1ccc(F)cc1. The molecule has 0 spiro atoms. The fraction of sp³-hybridized carbons (Fsp3) is 0.235. The van der Waals surface area contributed by atoms with E-state index in [9.17, 15) is 13.6 Å². The third kappa shape index (κ3) is 4.31. The number of rotatable bonds is 5. The molecule has 2 aromatic carbocycles. The second-order valence-electron chi connectivity index (χ2n) is 4.97. The molecule has 0 aromatic heterocycles. The summed E-state index contributed by atoms with van der Waals surface area (Å²) < 4.78 is 25.8. The van der Waals surface area contributed by atoms with Gasteiger partial charge in [0.25, 0.3) is 0 Å². The van der Waals surface area contributed by atoms with Crippen LogP contribution in [0.15, 0.2) is 53.4 Å². The lowest BCUT2D eigenvalue weighted by atomic mass is 10.1. The monoisotopic (exact) mass is 321 g/mol. The molecule has 1 amide bonds. The molecule has 22 heavy (non-hydrogen) atoms. The van der Waals surface area contributed by atoms with Gasteiger partial charge in [-0.25, -0.2) is 8.78 Å². The van der Waals surface area contributed by atoms with Crippen LogP contribution in [0.4, 0.5) is 8.78 Å². The van der Waals surface area contributed by atoms with Crippen LogP contribution in [0.1, 0.15) is 18.5 Å². The summed E-state index contributed by atoms with van der Waals surface area (Å²) in [4.78, 5) is 14.7. The second-order valence-corrected chi connectivity index (χ2v) is 6.02. The highest BCUT2D eigenvalue weighted by molar-refractivity contribution is 8.00. The Bertz CT molecular complexity index is 628. The van der Waals surface area contributed by atoms with Gasteiger partial charge in [0, 0.05) is 11.9 Å². The minimum absolute atomic E-state index is 0.0360. The predicted molar refractivity (Wildman–Crippen MR) is 84.7 cm³/mol. The van der Waals surface area contributed by atoms with Crippen molar-refractivity contribution in [1.29, 1.82) is 0 Å². The van der Waals surface area contributed by atoms with Gasteiger partial charge in [-0.2, -0.15) is 0 Å². The highest BCUT2D eigenvalue weighted by atomic mass is 32.2. The van der Waals surface area contributed by atoms with Gasteiger partial charge in [0.2, 0.25) is 5.91 Å². The summed E-state index contributed by atoms with van der Waals surface area (Å²) in [5.74, 6) is -0.353. The summed E-state index contributed by atoms with van der Waals surface area (Å²) in [7, 11) is 1.72. The first-order chi connectivity index (χ1) is 10.5. The lowest BCUT2D eigenvalue weighted by Gasteiger charge is -2.25. The molecule has 1 unspecified atom stereocenters. The molecule has 116 valence electrons. The van der Waals surface area contributed by atoms with Crippen LogP contribution >= 0.6 is 11.8 Å². The Hall–Kier alpha value is -1.88. The molecule has 0 N–H and O–H groups in total. The number of halogens is 2. The number of carbonyl (C=O) groups excluding carboxylic acids is 1. The van der Waals surface area contributed by atoms with Crippen LogP contribution < -0.4 is 0 Å². The highest BCUT2D eigenvalue weighted by Crippen LogP contribution is 2.22. The molecular formula is C17H17F2NOS. The van der Waals surface area contributed by atoms with Crippen molar-refractivity contribution in [2.45, 2.75) is 17.9 Å². The van der Waals surface area contributed by atoms with E-state index in [1.165, 1.54) is 36.0 Å². The lowest BCUT2D eigenvalue weighted by Crippen LogP contribution is -2.31. The van der Waals surface area contributed by atoms with Crippen molar-refractivity contribution in [3.63, 3.8) is 0 Å². The number of thioether (sulfide) groups is 1. The maximum Gasteiger partial charge on any atom is 0.233 e. The van der Waals surface area contributed by atoms with E-state index in [1.807, 2.05) is 6.92 Å². The van der Waals surface area contributed by atoms with Crippen molar-refractivity contribution in [2.24, 2.45) is 0 Å². The summed E-state index contributed by atoms with van der Waals surface area (Å²) in [6.07, 6.45) is 0. The van der Waals surface area contributed by atoms with Crippen LogP contribution in [0, 0.1) is 11.6 Å². The van der Waals surface area contributed by atoms with Crippen LogP contribution in [-0.2, 0) is 4.79 Å². The first-order valence-electron chi connectivity index (χ1n) is 6.87. The minimum atomic E-state index is -0.295. The summed E-state index contributed by atoms with van der Waals surface area (Å²) in [6, 6.07) is 12.0. The zero-order valence-corrected chi connectivity index (χ0v) is 13.2. The lowest BCUT2D eigenvalue weighted by molar-refractivity contribution is -0.128. The molecule has 5 heteroatoms. The predicted octanol–water partition coefficient (Wildman–Crippen LogP) is 4.28. The average Bonchev–Trinajstić information content (AvgIpc) is 2.53. The van der Waals surface area contributed by atoms with Crippen molar-refractivity contribution in [3.8, 4) is 0 Å². The molecule has 2 nitrogen and oxygen atoms in total. The van der Waals surface area contributed by atoms with Crippen molar-refractivity contribution >= 4 is 17.7 Å². The van der Waals surface area contributed by atoms with E-state index in [-0.39, 0.29) is 29.3 Å². The molecule has 2 aromatic rings. The Morgan fingerprint density at radius 2 is 1.55 bits per heavy atom. The maximum absolute atomic E-state index is 12.9. The van der Waals surface area contributed by atoms with E-state index < -0.39 is 0 Å². The topological polar surface area (TPSA) is 20.3 Å². The minimum Gasteiger partial charge on any atom is -0.338 e. The van der Waals surface area contributed by atoms with E-state index in [2.05, 4.69) is 0 Å². The molecule has 0 fully saturated rings. The smallest absolute Gasteiger partial charge is 0.233 e. The molecule has 0 aliphatic heterocycles. The van der Waals surface area contributed by atoms with Crippen molar-refractivity contribution in [2.75, 3.05) is 12.8 Å². The summed E-state index contributed by atoms with van der Waals surface area (Å²) in [5.41, 5.74) is 0.879. The zero-order chi connectivity index (χ0) is 16.1. The molecule has 0 aliphatic carbocycles. The molecule has 0 bridgehead atoms. The number of nitrogens with zero attached hydrogens (tertiary/aromatic N) is 1. The third-order valence-electron chi connectivity index (χ3n) is 3.50. The third-order valence-corrected chi connectivity index (χ3v) is 4.50. The van der Waals surface area contributed by atoms with Gasteiger partial charge in [-0.05, 0) is 48.9 Å². The van der Waals surface area contributed by atoms with E-state index >= 15 is 0 Å². The Labute approximate surface area is 133 Å². The second kappa shape index (κ2) is 7.40. The number of hydrogen-bond acceptors (Lipinski definition) is 2. The van der Waals surface area contributed by atoms with Crippen LogP contribution in [-0.4, -0.2) is 23.6 Å². The van der Waals surface area contributed by atoms with E-state index in [1.54, 1.807) is 36.2 Å². The average molecular weight is 321 g/mol. The molecule has 0 radical (unpaired) electrons. The Morgan fingerprint density at radius 3 is 2.09 bits per heavy atom. The van der Waals surface area contributed by atoms with Crippen LogP contribution in [0.25, 0.3) is 0 Å². The van der Waals surface area contributed by atoms with Gasteiger partial charge in [-0.1, -0.05) is 12.1 Å². The first kappa shape index (κ1) is 16.5. The van der Waals surface area contributed by atoms with Crippen molar-refractivity contribution in [1.82, 2.24) is 4.90 Å². The van der Waals surface area contributed by atoms with Gasteiger partial charge in [-0.15, -0.1) is 11.8 Å². The zero-order valence-electron chi connectivity index (χ0n) is 12.4. The number of hydrogen-bond donors (Lipinski definition) is 0. The number of carbonyl (C=O) groups is 1. The van der Waals surface area contributed by atoms with E-state index in [4.69, 9.17) is 0 Å².